The summed E-state index contributed by atoms with van der Waals surface area (Å²) in [4.78, 5) is 0. The predicted octanol–water partition coefficient (Wildman–Crippen LogP) is 1.89. The minimum atomic E-state index is 0.374. The highest BCUT2D eigenvalue weighted by molar-refractivity contribution is 5.48. The average molecular weight is 294 g/mol. The van der Waals surface area contributed by atoms with Gasteiger partial charge in [-0.3, -0.25) is 0 Å². The molecule has 1 aliphatic heterocycles. The number of anilines is 1. The molecule has 0 saturated carbocycles. The topological polar surface area (TPSA) is 51.8 Å². The van der Waals surface area contributed by atoms with Crippen molar-refractivity contribution in [2.75, 3.05) is 45.4 Å². The second kappa shape index (κ2) is 8.87. The van der Waals surface area contributed by atoms with Crippen LogP contribution in [0, 0.1) is 0 Å². The van der Waals surface area contributed by atoms with Crippen LogP contribution in [0.2, 0.25) is 0 Å². The molecule has 1 heterocycles. The molecule has 2 atom stereocenters. The Morgan fingerprint density at radius 2 is 2.33 bits per heavy atom. The Hall–Kier alpha value is -1.30. The van der Waals surface area contributed by atoms with E-state index in [1.807, 2.05) is 18.2 Å². The lowest BCUT2D eigenvalue weighted by Crippen LogP contribution is -2.43. The van der Waals surface area contributed by atoms with Crippen molar-refractivity contribution in [3.63, 3.8) is 0 Å². The molecule has 0 amide bonds. The van der Waals surface area contributed by atoms with Crippen LogP contribution in [0.15, 0.2) is 24.3 Å². The second-order valence-corrected chi connectivity index (χ2v) is 5.38. The SMILES string of the molecule is COCCOc1cccc(NC(C)CC2COCCN2)c1. The van der Waals surface area contributed by atoms with E-state index in [-0.39, 0.29) is 0 Å². The molecule has 0 spiro atoms. The van der Waals surface area contributed by atoms with Crippen LogP contribution in [0.5, 0.6) is 5.75 Å². The number of morpholine rings is 1. The zero-order valence-electron chi connectivity index (χ0n) is 12.9. The smallest absolute Gasteiger partial charge is 0.121 e. The predicted molar refractivity (Wildman–Crippen MR) is 84.1 cm³/mol. The van der Waals surface area contributed by atoms with Crippen molar-refractivity contribution in [1.29, 1.82) is 0 Å². The van der Waals surface area contributed by atoms with Gasteiger partial charge in [-0.25, -0.2) is 0 Å². The number of ether oxygens (including phenoxy) is 3. The molecule has 1 aliphatic rings. The Labute approximate surface area is 127 Å². The van der Waals surface area contributed by atoms with Gasteiger partial charge in [0.15, 0.2) is 0 Å². The normalized spacial score (nSPS) is 20.0. The van der Waals surface area contributed by atoms with Crippen molar-refractivity contribution in [3.8, 4) is 5.75 Å². The van der Waals surface area contributed by atoms with Gasteiger partial charge in [-0.1, -0.05) is 6.07 Å². The summed E-state index contributed by atoms with van der Waals surface area (Å²) >= 11 is 0. The Morgan fingerprint density at radius 3 is 3.10 bits per heavy atom. The Balaban J connectivity index is 1.79. The first kappa shape index (κ1) is 16.1. The summed E-state index contributed by atoms with van der Waals surface area (Å²) in [5, 5.41) is 6.99. The fourth-order valence-corrected chi connectivity index (χ4v) is 2.46. The fraction of sp³-hybridized carbons (Fsp3) is 0.625. The van der Waals surface area contributed by atoms with Crippen LogP contribution in [-0.4, -0.2) is 52.2 Å². The van der Waals surface area contributed by atoms with Crippen molar-refractivity contribution in [2.24, 2.45) is 0 Å². The minimum Gasteiger partial charge on any atom is -0.491 e. The van der Waals surface area contributed by atoms with Gasteiger partial charge in [0, 0.05) is 37.5 Å². The number of hydrogen-bond donors (Lipinski definition) is 2. The van der Waals surface area contributed by atoms with Crippen LogP contribution < -0.4 is 15.4 Å². The largest absolute Gasteiger partial charge is 0.491 e. The lowest BCUT2D eigenvalue weighted by Gasteiger charge is -2.27. The molecule has 21 heavy (non-hydrogen) atoms. The molecule has 0 aliphatic carbocycles. The molecule has 2 rings (SSSR count). The van der Waals surface area contributed by atoms with Crippen molar-refractivity contribution in [1.82, 2.24) is 5.32 Å². The molecule has 1 fully saturated rings. The van der Waals surface area contributed by atoms with E-state index in [2.05, 4.69) is 23.6 Å². The second-order valence-electron chi connectivity index (χ2n) is 5.38. The molecule has 5 nitrogen and oxygen atoms in total. The maximum Gasteiger partial charge on any atom is 0.121 e. The summed E-state index contributed by atoms with van der Waals surface area (Å²) in [7, 11) is 1.67. The van der Waals surface area contributed by atoms with Gasteiger partial charge in [-0.05, 0) is 25.5 Å². The van der Waals surface area contributed by atoms with Crippen molar-refractivity contribution in [3.05, 3.63) is 24.3 Å². The van der Waals surface area contributed by atoms with Gasteiger partial charge in [0.1, 0.15) is 12.4 Å². The number of hydrogen-bond acceptors (Lipinski definition) is 5. The van der Waals surface area contributed by atoms with Crippen LogP contribution in [0.3, 0.4) is 0 Å². The van der Waals surface area contributed by atoms with E-state index in [0.29, 0.717) is 25.3 Å². The number of nitrogens with one attached hydrogen (secondary N) is 2. The first-order valence-electron chi connectivity index (χ1n) is 7.57. The summed E-state index contributed by atoms with van der Waals surface area (Å²) < 4.78 is 16.1. The van der Waals surface area contributed by atoms with E-state index in [9.17, 15) is 0 Å². The van der Waals surface area contributed by atoms with Gasteiger partial charge in [-0.15, -0.1) is 0 Å². The molecule has 118 valence electrons. The Bertz CT molecular complexity index is 408. The van der Waals surface area contributed by atoms with Gasteiger partial charge in [-0.2, -0.15) is 0 Å². The van der Waals surface area contributed by atoms with E-state index in [1.54, 1.807) is 7.11 Å². The third-order valence-electron chi connectivity index (χ3n) is 3.44. The van der Waals surface area contributed by atoms with Gasteiger partial charge in [0.2, 0.25) is 0 Å². The molecule has 2 unspecified atom stereocenters. The van der Waals surface area contributed by atoms with E-state index < -0.39 is 0 Å². The first-order chi connectivity index (χ1) is 10.3. The maximum atomic E-state index is 5.62. The standard InChI is InChI=1S/C16H26N2O3/c1-13(10-15-12-20-7-6-17-15)18-14-4-3-5-16(11-14)21-9-8-19-2/h3-5,11,13,15,17-18H,6-10,12H2,1-2H3. The Kier molecular flexibility index (Phi) is 6.79. The third kappa shape index (κ3) is 5.91. The maximum absolute atomic E-state index is 5.62. The molecule has 2 N–H and O–H groups in total. The van der Waals surface area contributed by atoms with Crippen LogP contribution in [0.4, 0.5) is 5.69 Å². The molecule has 1 aromatic carbocycles. The van der Waals surface area contributed by atoms with E-state index in [1.165, 1.54) is 0 Å². The van der Waals surface area contributed by atoms with Gasteiger partial charge in [0.05, 0.1) is 19.8 Å². The summed E-state index contributed by atoms with van der Waals surface area (Å²) in [5.74, 6) is 0.864. The summed E-state index contributed by atoms with van der Waals surface area (Å²) in [6, 6.07) is 8.85. The lowest BCUT2D eigenvalue weighted by atomic mass is 10.1. The highest BCUT2D eigenvalue weighted by atomic mass is 16.5. The molecule has 0 bridgehead atoms. The summed E-state index contributed by atoms with van der Waals surface area (Å²) in [6.45, 7) is 5.92. The molecule has 5 heteroatoms. The van der Waals surface area contributed by atoms with Crippen LogP contribution >= 0.6 is 0 Å². The molecular formula is C16H26N2O3. The highest BCUT2D eigenvalue weighted by Gasteiger charge is 2.16. The van der Waals surface area contributed by atoms with Crippen LogP contribution in [-0.2, 0) is 9.47 Å². The lowest BCUT2D eigenvalue weighted by molar-refractivity contribution is 0.0731. The number of benzene rings is 1. The molecular weight excluding hydrogens is 268 g/mol. The zero-order chi connectivity index (χ0) is 14.9. The van der Waals surface area contributed by atoms with Gasteiger partial charge < -0.3 is 24.8 Å². The van der Waals surface area contributed by atoms with Crippen molar-refractivity contribution >= 4 is 5.69 Å². The van der Waals surface area contributed by atoms with Gasteiger partial charge in [0.25, 0.3) is 0 Å². The molecule has 1 saturated heterocycles. The first-order valence-corrected chi connectivity index (χ1v) is 7.57. The Morgan fingerprint density at radius 1 is 1.43 bits per heavy atom. The van der Waals surface area contributed by atoms with Gasteiger partial charge >= 0.3 is 0 Å². The molecule has 0 radical (unpaired) electrons. The monoisotopic (exact) mass is 294 g/mol. The fourth-order valence-electron chi connectivity index (χ4n) is 2.46. The van der Waals surface area contributed by atoms with E-state index >= 15 is 0 Å². The number of rotatable bonds is 8. The van der Waals surface area contributed by atoms with E-state index in [4.69, 9.17) is 14.2 Å². The van der Waals surface area contributed by atoms with Crippen LogP contribution in [0.1, 0.15) is 13.3 Å². The summed E-state index contributed by atoms with van der Waals surface area (Å²) in [5.41, 5.74) is 1.08. The minimum absolute atomic E-state index is 0.374. The number of methoxy groups -OCH3 is 1. The van der Waals surface area contributed by atoms with E-state index in [0.717, 1.165) is 37.6 Å². The third-order valence-corrected chi connectivity index (χ3v) is 3.44. The van der Waals surface area contributed by atoms with Crippen LogP contribution in [0.25, 0.3) is 0 Å². The zero-order valence-corrected chi connectivity index (χ0v) is 12.9. The summed E-state index contributed by atoms with van der Waals surface area (Å²) in [6.07, 6.45) is 1.04. The quantitative estimate of drug-likeness (QED) is 0.717. The van der Waals surface area contributed by atoms with Crippen molar-refractivity contribution < 1.29 is 14.2 Å². The molecule has 0 aromatic heterocycles. The van der Waals surface area contributed by atoms with Crippen molar-refractivity contribution in [2.45, 2.75) is 25.4 Å². The molecule has 1 aromatic rings. The highest BCUT2D eigenvalue weighted by Crippen LogP contribution is 2.19. The average Bonchev–Trinajstić information content (AvgIpc) is 2.49.